The summed E-state index contributed by atoms with van der Waals surface area (Å²) in [6, 6.07) is 4.51. The van der Waals surface area contributed by atoms with Crippen molar-refractivity contribution >= 4 is 39.5 Å². The molecule has 0 spiro atoms. The number of fused-ring (bicyclic) bond motifs is 2. The SMILES string of the molecule is CC(C)N=CC(=CN)c1nn(Cc2nc3cccc(F)c3c(=O)n2CC2CC2)c2ncnc(N)c12. The Morgan fingerprint density at radius 1 is 1.29 bits per heavy atom. The molecule has 35 heavy (non-hydrogen) atoms. The van der Waals surface area contributed by atoms with Gasteiger partial charge in [-0.15, -0.1) is 0 Å². The minimum atomic E-state index is -0.578. The summed E-state index contributed by atoms with van der Waals surface area (Å²) in [6.45, 7) is 4.50. The molecule has 0 aliphatic heterocycles. The Morgan fingerprint density at radius 2 is 2.09 bits per heavy atom. The Balaban J connectivity index is 1.68. The number of benzene rings is 1. The Hall–Kier alpha value is -4.15. The lowest BCUT2D eigenvalue weighted by Crippen LogP contribution is -2.28. The molecule has 0 radical (unpaired) electrons. The van der Waals surface area contributed by atoms with E-state index in [1.807, 2.05) is 13.8 Å². The van der Waals surface area contributed by atoms with E-state index in [1.54, 1.807) is 27.6 Å². The van der Waals surface area contributed by atoms with Gasteiger partial charge in [0.25, 0.3) is 5.56 Å². The van der Waals surface area contributed by atoms with Gasteiger partial charge in [0.1, 0.15) is 41.4 Å². The van der Waals surface area contributed by atoms with Gasteiger partial charge in [0.2, 0.25) is 0 Å². The smallest absolute Gasteiger partial charge is 0.264 e. The number of hydrogen-bond acceptors (Lipinski definition) is 8. The van der Waals surface area contributed by atoms with Gasteiger partial charge in [0.15, 0.2) is 5.65 Å². The summed E-state index contributed by atoms with van der Waals surface area (Å²) < 4.78 is 17.7. The van der Waals surface area contributed by atoms with Gasteiger partial charge < -0.3 is 11.5 Å². The van der Waals surface area contributed by atoms with E-state index in [0.29, 0.717) is 46.1 Å². The van der Waals surface area contributed by atoms with Crippen LogP contribution in [-0.2, 0) is 13.1 Å². The van der Waals surface area contributed by atoms with Crippen molar-refractivity contribution in [2.45, 2.75) is 45.8 Å². The third-order valence-electron chi connectivity index (χ3n) is 5.96. The predicted octanol–water partition coefficient (Wildman–Crippen LogP) is 2.49. The van der Waals surface area contributed by atoms with Crippen LogP contribution in [0.3, 0.4) is 0 Å². The van der Waals surface area contributed by atoms with Crippen molar-refractivity contribution in [2.75, 3.05) is 5.73 Å². The highest BCUT2D eigenvalue weighted by atomic mass is 19.1. The summed E-state index contributed by atoms with van der Waals surface area (Å²) in [5.74, 6) is 0.504. The third kappa shape index (κ3) is 4.25. The molecular formula is C24H26FN9O. The predicted molar refractivity (Wildman–Crippen MR) is 133 cm³/mol. The standard InChI is InChI=1S/C24H26FN9O/c1-13(2)28-9-15(8-26)21-20-22(27)29-12-30-23(20)34(32-21)11-18-31-17-5-3-4-16(25)19(17)24(35)33(18)10-14-6-7-14/h3-5,8-9,12-14H,6-7,10-11,26H2,1-2H3,(H2,27,29,30). The van der Waals surface area contributed by atoms with Gasteiger partial charge in [-0.2, -0.15) is 5.10 Å². The average molecular weight is 476 g/mol. The van der Waals surface area contributed by atoms with Gasteiger partial charge in [-0.1, -0.05) is 6.07 Å². The van der Waals surface area contributed by atoms with Crippen molar-refractivity contribution < 1.29 is 4.39 Å². The highest BCUT2D eigenvalue weighted by Crippen LogP contribution is 2.31. The number of rotatable bonds is 7. The minimum absolute atomic E-state index is 0.00673. The first kappa shape index (κ1) is 22.6. The van der Waals surface area contributed by atoms with E-state index in [1.165, 1.54) is 18.6 Å². The fourth-order valence-electron chi connectivity index (χ4n) is 4.03. The van der Waals surface area contributed by atoms with Crippen molar-refractivity contribution in [3.8, 4) is 0 Å². The molecule has 0 atom stereocenters. The monoisotopic (exact) mass is 475 g/mol. The number of hydrogen-bond donors (Lipinski definition) is 2. The maximum absolute atomic E-state index is 14.5. The first-order chi connectivity index (χ1) is 16.9. The first-order valence-corrected chi connectivity index (χ1v) is 11.5. The minimum Gasteiger partial charge on any atom is -0.404 e. The number of halogens is 1. The number of anilines is 1. The van der Waals surface area contributed by atoms with Gasteiger partial charge in [-0.25, -0.2) is 24.0 Å². The normalized spacial score (nSPS) is 14.7. The fraction of sp³-hybridized carbons (Fsp3) is 0.333. The second-order valence-corrected chi connectivity index (χ2v) is 8.98. The second-order valence-electron chi connectivity index (χ2n) is 8.98. The zero-order valence-corrected chi connectivity index (χ0v) is 19.5. The molecule has 5 rings (SSSR count). The quantitative estimate of drug-likeness (QED) is 0.391. The summed E-state index contributed by atoms with van der Waals surface area (Å²) >= 11 is 0. The van der Waals surface area contributed by atoms with Crippen LogP contribution in [0.15, 0.2) is 40.5 Å². The van der Waals surface area contributed by atoms with E-state index in [0.717, 1.165) is 12.8 Å². The molecule has 1 aromatic carbocycles. The molecule has 0 bridgehead atoms. The molecular weight excluding hydrogens is 449 g/mol. The van der Waals surface area contributed by atoms with Crippen LogP contribution in [0, 0.1) is 11.7 Å². The van der Waals surface area contributed by atoms with E-state index < -0.39 is 11.4 Å². The highest BCUT2D eigenvalue weighted by molar-refractivity contribution is 6.14. The van der Waals surface area contributed by atoms with Crippen LogP contribution in [0.1, 0.15) is 38.2 Å². The summed E-state index contributed by atoms with van der Waals surface area (Å²) in [4.78, 5) is 30.9. The molecule has 3 heterocycles. The lowest BCUT2D eigenvalue weighted by Gasteiger charge is -2.14. The van der Waals surface area contributed by atoms with Crippen LogP contribution in [-0.4, -0.2) is 41.6 Å². The zero-order chi connectivity index (χ0) is 24.7. The number of nitrogens with two attached hydrogens (primary N) is 2. The van der Waals surface area contributed by atoms with Crippen LogP contribution in [0.4, 0.5) is 10.2 Å². The van der Waals surface area contributed by atoms with Gasteiger partial charge in [0, 0.05) is 30.6 Å². The summed E-state index contributed by atoms with van der Waals surface area (Å²) in [5, 5.41) is 5.25. The van der Waals surface area contributed by atoms with Crippen LogP contribution in [0.5, 0.6) is 0 Å². The maximum atomic E-state index is 14.5. The Labute approximate surface area is 200 Å². The number of aliphatic imine (C=N–C) groups is 1. The molecule has 3 aromatic heterocycles. The van der Waals surface area contributed by atoms with E-state index in [9.17, 15) is 9.18 Å². The van der Waals surface area contributed by atoms with E-state index in [-0.39, 0.29) is 23.8 Å². The molecule has 1 fully saturated rings. The molecule has 180 valence electrons. The molecule has 1 aliphatic rings. The molecule has 0 saturated heterocycles. The van der Waals surface area contributed by atoms with Gasteiger partial charge in [0.05, 0.1) is 10.9 Å². The van der Waals surface area contributed by atoms with E-state index >= 15 is 0 Å². The van der Waals surface area contributed by atoms with Crippen molar-refractivity contribution in [3.05, 3.63) is 58.4 Å². The van der Waals surface area contributed by atoms with Crippen LogP contribution < -0.4 is 17.0 Å². The summed E-state index contributed by atoms with van der Waals surface area (Å²) in [5.41, 5.74) is 13.5. The lowest BCUT2D eigenvalue weighted by molar-refractivity contribution is 0.538. The Bertz CT molecular complexity index is 1550. The van der Waals surface area contributed by atoms with Crippen LogP contribution >= 0.6 is 0 Å². The number of nitrogens with zero attached hydrogens (tertiary/aromatic N) is 7. The number of allylic oxidation sites excluding steroid dienone is 1. The van der Waals surface area contributed by atoms with Crippen molar-refractivity contribution in [2.24, 2.45) is 16.6 Å². The van der Waals surface area contributed by atoms with Crippen molar-refractivity contribution in [1.29, 1.82) is 0 Å². The first-order valence-electron chi connectivity index (χ1n) is 11.5. The molecule has 4 N–H and O–H groups in total. The largest absolute Gasteiger partial charge is 0.404 e. The van der Waals surface area contributed by atoms with E-state index in [2.05, 4.69) is 19.9 Å². The topological polar surface area (TPSA) is 143 Å². The molecule has 11 heteroatoms. The van der Waals surface area contributed by atoms with Gasteiger partial charge >= 0.3 is 0 Å². The summed E-state index contributed by atoms with van der Waals surface area (Å²) in [6.07, 6.45) is 6.46. The molecule has 4 aromatic rings. The average Bonchev–Trinajstić information content (AvgIpc) is 3.57. The van der Waals surface area contributed by atoms with Gasteiger partial charge in [-0.05, 0) is 44.7 Å². The molecule has 1 aliphatic carbocycles. The second kappa shape index (κ2) is 8.90. The number of nitrogen functional groups attached to an aromatic ring is 1. The Kier molecular flexibility index (Phi) is 5.75. The van der Waals surface area contributed by atoms with Crippen molar-refractivity contribution in [1.82, 2.24) is 29.3 Å². The third-order valence-corrected chi connectivity index (χ3v) is 5.96. The molecule has 1 saturated carbocycles. The maximum Gasteiger partial charge on any atom is 0.264 e. The molecule has 10 nitrogen and oxygen atoms in total. The number of aromatic nitrogens is 6. The highest BCUT2D eigenvalue weighted by Gasteiger charge is 2.26. The lowest BCUT2D eigenvalue weighted by atomic mass is 10.1. The van der Waals surface area contributed by atoms with Crippen LogP contribution in [0.2, 0.25) is 0 Å². The van der Waals surface area contributed by atoms with Gasteiger partial charge in [-0.3, -0.25) is 14.4 Å². The van der Waals surface area contributed by atoms with Crippen molar-refractivity contribution in [3.63, 3.8) is 0 Å². The molecule has 0 unspecified atom stereocenters. The molecule has 0 amide bonds. The summed E-state index contributed by atoms with van der Waals surface area (Å²) in [7, 11) is 0. The Morgan fingerprint density at radius 3 is 2.80 bits per heavy atom. The fourth-order valence-corrected chi connectivity index (χ4v) is 4.03. The van der Waals surface area contributed by atoms with E-state index in [4.69, 9.17) is 16.6 Å². The van der Waals surface area contributed by atoms with Crippen LogP contribution in [0.25, 0.3) is 27.5 Å². The zero-order valence-electron chi connectivity index (χ0n) is 19.5.